The van der Waals surface area contributed by atoms with Crippen LogP contribution in [0.4, 0.5) is 0 Å². The SMILES string of the molecule is COC(=O)C1=C(C(=O)OC)[C@@H]2C=C[C@H]1[C@H]1[C@H]3C4[C@H]5C=CC(C=C[C@@H]45)[C@@H]3[C@@H]12. The lowest BCUT2D eigenvalue weighted by molar-refractivity contribution is -0.147. The highest BCUT2D eigenvalue weighted by Gasteiger charge is 2.71. The average Bonchev–Trinajstić information content (AvgIpc) is 3.39. The van der Waals surface area contributed by atoms with Crippen LogP contribution in [0, 0.1) is 59.2 Å². The molecule has 0 aromatic heterocycles. The number of rotatable bonds is 2. The van der Waals surface area contributed by atoms with Gasteiger partial charge in [-0.05, 0) is 47.3 Å². The molecule has 0 heterocycles. The molecule has 8 rings (SSSR count). The molecule has 2 unspecified atom stereocenters. The van der Waals surface area contributed by atoms with Gasteiger partial charge in [-0.15, -0.1) is 0 Å². The van der Waals surface area contributed by atoms with Crippen molar-refractivity contribution in [2.45, 2.75) is 0 Å². The third kappa shape index (κ3) is 1.54. The maximum Gasteiger partial charge on any atom is 0.334 e. The largest absolute Gasteiger partial charge is 0.466 e. The molecule has 10 atom stereocenters. The van der Waals surface area contributed by atoms with Gasteiger partial charge in [0.2, 0.25) is 0 Å². The Hall–Kier alpha value is -2.10. The topological polar surface area (TPSA) is 52.6 Å². The van der Waals surface area contributed by atoms with Gasteiger partial charge in [-0.1, -0.05) is 36.5 Å². The molecule has 2 saturated carbocycles. The second-order valence-electron chi connectivity index (χ2n) is 8.64. The van der Waals surface area contributed by atoms with Gasteiger partial charge >= 0.3 is 11.9 Å². The summed E-state index contributed by atoms with van der Waals surface area (Å²) in [7, 11) is 2.79. The second kappa shape index (κ2) is 4.79. The lowest BCUT2D eigenvalue weighted by atomic mass is 9.40. The van der Waals surface area contributed by atoms with E-state index >= 15 is 0 Å². The van der Waals surface area contributed by atoms with Gasteiger partial charge in [0.1, 0.15) is 0 Å². The Morgan fingerprint density at radius 3 is 1.65 bits per heavy atom. The minimum Gasteiger partial charge on any atom is -0.466 e. The molecular formula is C22H22O4. The van der Waals surface area contributed by atoms with Gasteiger partial charge in [0.15, 0.2) is 0 Å². The van der Waals surface area contributed by atoms with Gasteiger partial charge in [0.05, 0.1) is 25.4 Å². The van der Waals surface area contributed by atoms with Crippen LogP contribution in [0.25, 0.3) is 0 Å². The van der Waals surface area contributed by atoms with E-state index in [0.717, 1.165) is 5.92 Å². The van der Waals surface area contributed by atoms with Crippen molar-refractivity contribution in [3.8, 4) is 0 Å². The van der Waals surface area contributed by atoms with E-state index in [4.69, 9.17) is 9.47 Å². The Morgan fingerprint density at radius 1 is 0.654 bits per heavy atom. The van der Waals surface area contributed by atoms with E-state index in [1.165, 1.54) is 14.2 Å². The standard InChI is InChI=1S/C22H22O4/c1-25-21(23)18-12-7-8-13(19(18)22(24)26-2)17-16(12)14-9-3-5-10-11(6-4-9)15(10)20(14)17/h3-17,20H,1-2H3/t9?,10-,11+,12-,13+,14-,15?,16+,17-,20-/m1/s1. The Balaban J connectivity index is 1.49. The molecule has 4 nitrogen and oxygen atoms in total. The summed E-state index contributed by atoms with van der Waals surface area (Å²) in [5.74, 6) is 3.87. The fourth-order valence-corrected chi connectivity index (χ4v) is 7.25. The fourth-order valence-electron chi connectivity index (χ4n) is 7.25. The van der Waals surface area contributed by atoms with Crippen LogP contribution in [-0.2, 0) is 19.1 Å². The maximum absolute atomic E-state index is 12.6. The molecule has 0 aromatic rings. The van der Waals surface area contributed by atoms with Crippen molar-refractivity contribution < 1.29 is 19.1 Å². The average molecular weight is 350 g/mol. The first-order chi connectivity index (χ1) is 12.7. The molecule has 6 bridgehead atoms. The van der Waals surface area contributed by atoms with Crippen molar-refractivity contribution in [3.05, 3.63) is 47.6 Å². The molecule has 0 saturated heterocycles. The highest BCUT2D eigenvalue weighted by molar-refractivity contribution is 6.02. The summed E-state index contributed by atoms with van der Waals surface area (Å²) in [5, 5.41) is 0. The van der Waals surface area contributed by atoms with Crippen LogP contribution < -0.4 is 0 Å². The summed E-state index contributed by atoms with van der Waals surface area (Å²) < 4.78 is 10.1. The monoisotopic (exact) mass is 350 g/mol. The number of hydrogen-bond acceptors (Lipinski definition) is 4. The number of carbonyl (C=O) groups excluding carboxylic acids is 2. The first kappa shape index (κ1) is 15.0. The van der Waals surface area contributed by atoms with Crippen LogP contribution >= 0.6 is 0 Å². The maximum atomic E-state index is 12.6. The summed E-state index contributed by atoms with van der Waals surface area (Å²) in [6.45, 7) is 0. The molecular weight excluding hydrogens is 328 g/mol. The van der Waals surface area contributed by atoms with Gasteiger partial charge in [0.25, 0.3) is 0 Å². The van der Waals surface area contributed by atoms with E-state index < -0.39 is 0 Å². The molecule has 0 spiro atoms. The Morgan fingerprint density at radius 2 is 1.15 bits per heavy atom. The van der Waals surface area contributed by atoms with E-state index in [-0.39, 0.29) is 23.8 Å². The van der Waals surface area contributed by atoms with Crippen LogP contribution in [0.5, 0.6) is 0 Å². The molecule has 8 aliphatic carbocycles. The Bertz CT molecular complexity index is 826. The van der Waals surface area contributed by atoms with E-state index in [9.17, 15) is 9.59 Å². The van der Waals surface area contributed by atoms with Crippen LogP contribution in [0.3, 0.4) is 0 Å². The zero-order valence-corrected chi connectivity index (χ0v) is 14.9. The van der Waals surface area contributed by atoms with Crippen molar-refractivity contribution in [3.63, 3.8) is 0 Å². The predicted octanol–water partition coefficient (Wildman–Crippen LogP) is 2.54. The molecule has 0 aromatic carbocycles. The zero-order valence-electron chi connectivity index (χ0n) is 14.9. The first-order valence-electron chi connectivity index (χ1n) is 9.63. The first-order valence-corrected chi connectivity index (χ1v) is 9.63. The molecule has 2 fully saturated rings. The van der Waals surface area contributed by atoms with Crippen molar-refractivity contribution in [2.24, 2.45) is 59.2 Å². The van der Waals surface area contributed by atoms with Gasteiger partial charge < -0.3 is 9.47 Å². The third-order valence-corrected chi connectivity index (χ3v) is 8.09. The van der Waals surface area contributed by atoms with Gasteiger partial charge in [-0.25, -0.2) is 9.59 Å². The van der Waals surface area contributed by atoms with Crippen molar-refractivity contribution in [2.75, 3.05) is 14.2 Å². The quantitative estimate of drug-likeness (QED) is 0.567. The minimum absolute atomic E-state index is 0.00782. The normalized spacial score (nSPS) is 50.4. The smallest absolute Gasteiger partial charge is 0.334 e. The number of esters is 2. The molecule has 0 radical (unpaired) electrons. The summed E-state index contributed by atoms with van der Waals surface area (Å²) in [4.78, 5) is 25.2. The Kier molecular flexibility index (Phi) is 2.76. The van der Waals surface area contributed by atoms with E-state index in [1.54, 1.807) is 0 Å². The minimum atomic E-state index is -0.375. The van der Waals surface area contributed by atoms with Crippen molar-refractivity contribution in [1.82, 2.24) is 0 Å². The molecule has 134 valence electrons. The molecule has 0 aliphatic heterocycles. The lowest BCUT2D eigenvalue weighted by Crippen LogP contribution is -2.61. The van der Waals surface area contributed by atoms with E-state index in [2.05, 4.69) is 36.5 Å². The summed E-state index contributed by atoms with van der Waals surface area (Å²) in [5.41, 5.74) is 1.10. The molecule has 0 amide bonds. The molecule has 8 aliphatic rings. The zero-order chi connectivity index (χ0) is 17.7. The molecule has 26 heavy (non-hydrogen) atoms. The summed E-state index contributed by atoms with van der Waals surface area (Å²) in [6, 6.07) is 0. The summed E-state index contributed by atoms with van der Waals surface area (Å²) >= 11 is 0. The highest BCUT2D eigenvalue weighted by Crippen LogP contribution is 2.74. The van der Waals surface area contributed by atoms with Crippen LogP contribution in [0.2, 0.25) is 0 Å². The number of allylic oxidation sites excluding steroid dienone is 6. The van der Waals surface area contributed by atoms with E-state index in [1.807, 2.05) is 0 Å². The number of ether oxygens (including phenoxy) is 2. The number of hydrogen-bond donors (Lipinski definition) is 0. The van der Waals surface area contributed by atoms with E-state index in [0.29, 0.717) is 52.6 Å². The van der Waals surface area contributed by atoms with Crippen LogP contribution in [-0.4, -0.2) is 26.2 Å². The van der Waals surface area contributed by atoms with Gasteiger partial charge in [-0.3, -0.25) is 0 Å². The molecule has 4 heteroatoms. The summed E-state index contributed by atoms with van der Waals surface area (Å²) in [6.07, 6.45) is 14.0. The predicted molar refractivity (Wildman–Crippen MR) is 93.4 cm³/mol. The van der Waals surface area contributed by atoms with Gasteiger partial charge in [-0.2, -0.15) is 0 Å². The highest BCUT2D eigenvalue weighted by atomic mass is 16.5. The lowest BCUT2D eigenvalue weighted by Gasteiger charge is -2.63. The van der Waals surface area contributed by atoms with Crippen molar-refractivity contribution in [1.29, 1.82) is 0 Å². The van der Waals surface area contributed by atoms with Crippen LogP contribution in [0.1, 0.15) is 0 Å². The molecule has 0 N–H and O–H groups in total. The third-order valence-electron chi connectivity index (χ3n) is 8.09. The van der Waals surface area contributed by atoms with Gasteiger partial charge in [0, 0.05) is 11.8 Å². The second-order valence-corrected chi connectivity index (χ2v) is 8.64. The van der Waals surface area contributed by atoms with Crippen molar-refractivity contribution >= 4 is 11.9 Å². The fraction of sp³-hybridized carbons (Fsp3) is 0.545. The Labute approximate surface area is 152 Å². The van der Waals surface area contributed by atoms with Crippen LogP contribution in [0.15, 0.2) is 47.6 Å². The number of carbonyl (C=O) groups is 2. The number of methoxy groups -OCH3 is 2.